The topological polar surface area (TPSA) is 111 Å². The van der Waals surface area contributed by atoms with Crippen molar-refractivity contribution in [2.75, 3.05) is 19.1 Å². The largest absolute Gasteiger partial charge is 0.491 e. The predicted molar refractivity (Wildman–Crippen MR) is 113 cm³/mol. The van der Waals surface area contributed by atoms with E-state index >= 15 is 0 Å². The third-order valence-electron chi connectivity index (χ3n) is 5.24. The van der Waals surface area contributed by atoms with Crippen LogP contribution in [0.2, 0.25) is 0 Å². The lowest BCUT2D eigenvalue weighted by molar-refractivity contribution is 0.0996. The Balaban J connectivity index is 1.67. The van der Waals surface area contributed by atoms with E-state index in [4.69, 9.17) is 14.5 Å². The number of aryl methyl sites for hydroxylation is 1. The van der Waals surface area contributed by atoms with Gasteiger partial charge in [0, 0.05) is 11.8 Å². The number of ether oxygens (including phenoxy) is 2. The van der Waals surface area contributed by atoms with E-state index in [0.717, 1.165) is 11.1 Å². The molecule has 0 radical (unpaired) electrons. The van der Waals surface area contributed by atoms with Gasteiger partial charge in [-0.05, 0) is 31.0 Å². The highest BCUT2D eigenvalue weighted by molar-refractivity contribution is 6.10. The predicted octanol–water partition coefficient (Wildman–Crippen LogP) is 2.86. The van der Waals surface area contributed by atoms with Crippen LogP contribution in [0.25, 0.3) is 11.3 Å². The molecule has 31 heavy (non-hydrogen) atoms. The van der Waals surface area contributed by atoms with Gasteiger partial charge in [0.25, 0.3) is 11.8 Å². The lowest BCUT2D eigenvalue weighted by Gasteiger charge is -2.15. The summed E-state index contributed by atoms with van der Waals surface area (Å²) in [5.41, 5.74) is 4.08. The third-order valence-corrected chi connectivity index (χ3v) is 5.24. The molecular weight excluding hydrogens is 398 g/mol. The van der Waals surface area contributed by atoms with Crippen molar-refractivity contribution in [3.63, 3.8) is 0 Å². The van der Waals surface area contributed by atoms with Gasteiger partial charge in [-0.25, -0.2) is 15.0 Å². The maximum atomic E-state index is 13.1. The molecule has 0 bridgehead atoms. The summed E-state index contributed by atoms with van der Waals surface area (Å²) in [5, 5.41) is 9.89. The maximum absolute atomic E-state index is 13.1. The van der Waals surface area contributed by atoms with E-state index in [0.29, 0.717) is 53.1 Å². The number of hydrogen-bond donors (Lipinski definition) is 1. The minimum Gasteiger partial charge on any atom is -0.491 e. The fraction of sp³-hybridized carbons (Fsp3) is 0.318. The van der Waals surface area contributed by atoms with Crippen LogP contribution in [0.3, 0.4) is 0 Å². The highest BCUT2D eigenvalue weighted by Crippen LogP contribution is 2.34. The molecule has 3 aromatic rings. The first kappa shape index (κ1) is 20.7. The summed E-state index contributed by atoms with van der Waals surface area (Å²) in [7, 11) is 3.08. The van der Waals surface area contributed by atoms with E-state index in [1.807, 2.05) is 19.9 Å². The minimum absolute atomic E-state index is 0.149. The number of aromatic nitrogens is 4. The van der Waals surface area contributed by atoms with Crippen molar-refractivity contribution < 1.29 is 19.4 Å². The normalized spacial score (nSPS) is 13.8. The third kappa shape index (κ3) is 3.68. The van der Waals surface area contributed by atoms with Crippen molar-refractivity contribution >= 4 is 11.6 Å². The number of carbonyl (C=O) groups excluding carboxylic acids is 1. The van der Waals surface area contributed by atoms with Crippen LogP contribution >= 0.6 is 0 Å². The molecule has 4 heterocycles. The van der Waals surface area contributed by atoms with Crippen molar-refractivity contribution in [1.82, 2.24) is 19.9 Å². The maximum Gasteiger partial charge on any atom is 0.260 e. The molecule has 0 aliphatic carbocycles. The molecule has 160 valence electrons. The first-order valence-corrected chi connectivity index (χ1v) is 9.87. The van der Waals surface area contributed by atoms with Gasteiger partial charge >= 0.3 is 0 Å². The number of hydrogen-bond acceptors (Lipinski definition) is 8. The summed E-state index contributed by atoms with van der Waals surface area (Å²) >= 11 is 0. The molecular formula is C22H23N5O4. The van der Waals surface area contributed by atoms with Gasteiger partial charge in [0.15, 0.2) is 11.6 Å². The zero-order valence-electron chi connectivity index (χ0n) is 17.8. The van der Waals surface area contributed by atoms with Gasteiger partial charge in [-0.2, -0.15) is 0 Å². The zero-order valence-corrected chi connectivity index (χ0v) is 17.8. The van der Waals surface area contributed by atoms with E-state index in [1.165, 1.54) is 7.11 Å². The lowest BCUT2D eigenvalue weighted by Crippen LogP contribution is -2.24. The number of anilines is 1. The second-order valence-corrected chi connectivity index (χ2v) is 7.20. The molecule has 1 atom stereocenters. The van der Waals surface area contributed by atoms with Gasteiger partial charge in [0.1, 0.15) is 6.10 Å². The standard InChI is InChI=1S/C22H23N5O4/c1-5-17(28)20-23-9-14(10-24-20)27-11-16-19(22(27)29)12(2)6-15(26-16)13-7-18(30-3)21(31-4)25-8-13/h6-10,17,28H,5,11H2,1-4H3. The molecule has 0 saturated heterocycles. The quantitative estimate of drug-likeness (QED) is 0.647. The van der Waals surface area contributed by atoms with Gasteiger partial charge in [0.05, 0.1) is 55.8 Å². The van der Waals surface area contributed by atoms with E-state index < -0.39 is 6.10 Å². The number of aliphatic hydroxyl groups is 1. The van der Waals surface area contributed by atoms with Crippen LogP contribution in [0.4, 0.5) is 5.69 Å². The van der Waals surface area contributed by atoms with Crippen LogP contribution in [0.5, 0.6) is 11.6 Å². The molecule has 1 unspecified atom stereocenters. The highest BCUT2D eigenvalue weighted by atomic mass is 16.5. The number of carbonyl (C=O) groups is 1. The Bertz CT molecular complexity index is 1130. The van der Waals surface area contributed by atoms with E-state index in [2.05, 4.69) is 15.0 Å². The molecule has 0 spiro atoms. The fourth-order valence-electron chi connectivity index (χ4n) is 3.55. The number of nitrogens with zero attached hydrogens (tertiary/aromatic N) is 5. The van der Waals surface area contributed by atoms with Gasteiger partial charge in [-0.1, -0.05) is 6.92 Å². The van der Waals surface area contributed by atoms with Crippen molar-refractivity contribution in [2.24, 2.45) is 0 Å². The number of pyridine rings is 2. The number of aliphatic hydroxyl groups excluding tert-OH is 1. The summed E-state index contributed by atoms with van der Waals surface area (Å²) < 4.78 is 10.5. The molecule has 1 amide bonds. The lowest BCUT2D eigenvalue weighted by atomic mass is 10.1. The average Bonchev–Trinajstić information content (AvgIpc) is 3.14. The van der Waals surface area contributed by atoms with E-state index in [-0.39, 0.29) is 5.91 Å². The molecule has 0 aromatic carbocycles. The molecule has 1 aliphatic heterocycles. The molecule has 9 nitrogen and oxygen atoms in total. The van der Waals surface area contributed by atoms with Gasteiger partial charge in [0.2, 0.25) is 0 Å². The molecule has 0 fully saturated rings. The monoisotopic (exact) mass is 421 g/mol. The summed E-state index contributed by atoms with van der Waals surface area (Å²) in [4.78, 5) is 32.0. The molecule has 0 saturated carbocycles. The summed E-state index contributed by atoms with van der Waals surface area (Å²) in [6.07, 6.45) is 4.57. The zero-order chi connectivity index (χ0) is 22.1. The highest BCUT2D eigenvalue weighted by Gasteiger charge is 2.32. The summed E-state index contributed by atoms with van der Waals surface area (Å²) in [6, 6.07) is 3.67. The molecule has 3 aromatic heterocycles. The molecule has 9 heteroatoms. The summed E-state index contributed by atoms with van der Waals surface area (Å²) in [6.45, 7) is 4.04. The van der Waals surface area contributed by atoms with Crippen LogP contribution < -0.4 is 14.4 Å². The van der Waals surface area contributed by atoms with Crippen LogP contribution in [-0.4, -0.2) is 45.2 Å². The number of amides is 1. The Kier molecular flexibility index (Phi) is 5.51. The fourth-order valence-corrected chi connectivity index (χ4v) is 3.55. The van der Waals surface area contributed by atoms with Crippen LogP contribution in [0.15, 0.2) is 30.7 Å². The Hall–Kier alpha value is -3.59. The van der Waals surface area contributed by atoms with Crippen molar-refractivity contribution in [2.45, 2.75) is 32.9 Å². The SMILES string of the molecule is CCC(O)c1ncc(N2Cc3nc(-c4cnc(OC)c(OC)c4)cc(C)c3C2=O)cn1. The first-order valence-electron chi connectivity index (χ1n) is 9.87. The second-order valence-electron chi connectivity index (χ2n) is 7.20. The minimum atomic E-state index is -0.720. The Morgan fingerprint density at radius 2 is 1.87 bits per heavy atom. The van der Waals surface area contributed by atoms with Crippen LogP contribution in [0.1, 0.15) is 46.9 Å². The van der Waals surface area contributed by atoms with E-state index in [1.54, 1.807) is 36.7 Å². The van der Waals surface area contributed by atoms with Crippen molar-refractivity contribution in [1.29, 1.82) is 0 Å². The molecule has 1 N–H and O–H groups in total. The van der Waals surface area contributed by atoms with E-state index in [9.17, 15) is 9.90 Å². The molecule has 4 rings (SSSR count). The molecule has 1 aliphatic rings. The van der Waals surface area contributed by atoms with Crippen LogP contribution in [-0.2, 0) is 6.54 Å². The Morgan fingerprint density at radius 1 is 1.13 bits per heavy atom. The van der Waals surface area contributed by atoms with Crippen molar-refractivity contribution in [3.05, 3.63) is 53.4 Å². The second kappa shape index (κ2) is 8.27. The van der Waals surface area contributed by atoms with Crippen LogP contribution in [0, 0.1) is 6.92 Å². The first-order chi connectivity index (χ1) is 15.0. The smallest absolute Gasteiger partial charge is 0.260 e. The number of rotatable bonds is 6. The Labute approximate surface area is 179 Å². The Morgan fingerprint density at radius 3 is 2.52 bits per heavy atom. The van der Waals surface area contributed by atoms with Gasteiger partial charge in [-0.15, -0.1) is 0 Å². The van der Waals surface area contributed by atoms with Crippen molar-refractivity contribution in [3.8, 4) is 22.9 Å². The van der Waals surface area contributed by atoms with Gasteiger partial charge in [-0.3, -0.25) is 14.7 Å². The van der Waals surface area contributed by atoms with Gasteiger partial charge < -0.3 is 14.6 Å². The summed E-state index contributed by atoms with van der Waals surface area (Å²) in [5.74, 6) is 1.09. The average molecular weight is 421 g/mol. The number of methoxy groups -OCH3 is 2. The number of fused-ring (bicyclic) bond motifs is 1.